The van der Waals surface area contributed by atoms with Crippen molar-refractivity contribution >= 4 is 23.2 Å². The number of rotatable bonds is 6. The van der Waals surface area contributed by atoms with Gasteiger partial charge in [0.05, 0.1) is 5.69 Å². The van der Waals surface area contributed by atoms with Gasteiger partial charge >= 0.3 is 0 Å². The highest BCUT2D eigenvalue weighted by atomic mass is 16.2. The van der Waals surface area contributed by atoms with Crippen molar-refractivity contribution in [1.29, 1.82) is 0 Å². The fourth-order valence-electron chi connectivity index (χ4n) is 3.09. The maximum atomic E-state index is 12.7. The predicted molar refractivity (Wildman–Crippen MR) is 122 cm³/mol. The summed E-state index contributed by atoms with van der Waals surface area (Å²) in [5, 5.41) is 10.1. The Morgan fingerprint density at radius 1 is 1.03 bits per heavy atom. The van der Waals surface area contributed by atoms with E-state index < -0.39 is 6.04 Å². The lowest BCUT2D eigenvalue weighted by molar-refractivity contribution is -0.119. The van der Waals surface area contributed by atoms with Gasteiger partial charge in [0.1, 0.15) is 6.04 Å². The highest BCUT2D eigenvalue weighted by molar-refractivity contribution is 5.93. The molecule has 31 heavy (non-hydrogen) atoms. The molecule has 7 nitrogen and oxygen atoms in total. The van der Waals surface area contributed by atoms with Gasteiger partial charge in [-0.1, -0.05) is 31.2 Å². The van der Waals surface area contributed by atoms with Gasteiger partial charge in [0.15, 0.2) is 0 Å². The van der Waals surface area contributed by atoms with Gasteiger partial charge < -0.3 is 10.6 Å². The predicted octanol–water partition coefficient (Wildman–Crippen LogP) is 4.08. The van der Waals surface area contributed by atoms with Crippen molar-refractivity contribution in [2.45, 2.75) is 40.2 Å². The molecule has 3 aromatic rings. The van der Waals surface area contributed by atoms with E-state index in [0.717, 1.165) is 16.7 Å². The van der Waals surface area contributed by atoms with Gasteiger partial charge in [0, 0.05) is 29.4 Å². The van der Waals surface area contributed by atoms with Gasteiger partial charge in [-0.15, -0.1) is 0 Å². The molecule has 0 radical (unpaired) electrons. The summed E-state index contributed by atoms with van der Waals surface area (Å²) < 4.78 is 1.17. The Morgan fingerprint density at radius 2 is 1.81 bits per heavy atom. The molecule has 1 heterocycles. The van der Waals surface area contributed by atoms with Crippen molar-refractivity contribution in [3.05, 3.63) is 76.1 Å². The Labute approximate surface area is 181 Å². The fraction of sp³-hybridized carbons (Fsp3) is 0.250. The molecule has 0 aliphatic carbocycles. The van der Waals surface area contributed by atoms with Crippen LogP contribution in [0.2, 0.25) is 0 Å². The van der Waals surface area contributed by atoms with Crippen LogP contribution in [0.25, 0.3) is 11.3 Å². The number of anilines is 2. The number of hydrogen-bond acceptors (Lipinski definition) is 4. The van der Waals surface area contributed by atoms with Crippen LogP contribution in [-0.4, -0.2) is 21.6 Å². The van der Waals surface area contributed by atoms with Crippen LogP contribution in [-0.2, 0) is 9.59 Å². The van der Waals surface area contributed by atoms with Gasteiger partial charge in [-0.3, -0.25) is 14.4 Å². The number of carbonyl (C=O) groups excluding carboxylic acids is 2. The van der Waals surface area contributed by atoms with Crippen LogP contribution < -0.4 is 16.2 Å². The first-order chi connectivity index (χ1) is 14.8. The molecule has 0 unspecified atom stereocenters. The number of aryl methyl sites for hydroxylation is 2. The summed E-state index contributed by atoms with van der Waals surface area (Å²) in [5.41, 5.74) is 4.18. The minimum Gasteiger partial charge on any atom is -0.326 e. The van der Waals surface area contributed by atoms with Gasteiger partial charge in [-0.05, 0) is 56.2 Å². The Hall–Kier alpha value is -3.74. The van der Waals surface area contributed by atoms with E-state index in [9.17, 15) is 14.4 Å². The van der Waals surface area contributed by atoms with E-state index in [1.807, 2.05) is 50.2 Å². The summed E-state index contributed by atoms with van der Waals surface area (Å²) in [6, 6.07) is 15.2. The van der Waals surface area contributed by atoms with E-state index >= 15 is 0 Å². The largest absolute Gasteiger partial charge is 0.326 e. The Morgan fingerprint density at radius 3 is 2.52 bits per heavy atom. The highest BCUT2D eigenvalue weighted by Gasteiger charge is 2.18. The number of nitrogens with one attached hydrogen (secondary N) is 2. The van der Waals surface area contributed by atoms with E-state index in [0.29, 0.717) is 23.5 Å². The zero-order chi connectivity index (χ0) is 22.5. The number of benzene rings is 2. The standard InChI is InChI=1S/C24H26N4O3/c1-5-22(29)26-21-14-18(10-9-16(21)3)20-11-12-23(30)28(27-20)17(4)24(31)25-19-8-6-7-15(2)13-19/h6-14,17H,5H2,1-4H3,(H,25,31)(H,26,29)/t17-/m0/s1. The maximum Gasteiger partial charge on any atom is 0.267 e. The topological polar surface area (TPSA) is 93.1 Å². The van der Waals surface area contributed by atoms with E-state index in [1.54, 1.807) is 26.0 Å². The number of nitrogens with zero attached hydrogens (tertiary/aromatic N) is 2. The maximum absolute atomic E-state index is 12.7. The van der Waals surface area contributed by atoms with Crippen molar-refractivity contribution in [1.82, 2.24) is 9.78 Å². The first-order valence-electron chi connectivity index (χ1n) is 10.2. The molecule has 0 bridgehead atoms. The molecule has 2 N–H and O–H groups in total. The lowest BCUT2D eigenvalue weighted by Gasteiger charge is -2.16. The molecule has 1 aromatic heterocycles. The normalized spacial score (nSPS) is 11.6. The molecule has 0 saturated heterocycles. The van der Waals surface area contributed by atoms with Crippen molar-refractivity contribution in [2.75, 3.05) is 10.6 Å². The lowest BCUT2D eigenvalue weighted by atomic mass is 10.1. The third-order valence-electron chi connectivity index (χ3n) is 4.99. The fourth-order valence-corrected chi connectivity index (χ4v) is 3.09. The van der Waals surface area contributed by atoms with E-state index in [4.69, 9.17) is 0 Å². The zero-order valence-corrected chi connectivity index (χ0v) is 18.1. The molecule has 2 amide bonds. The summed E-state index contributed by atoms with van der Waals surface area (Å²) in [6.45, 7) is 7.26. The molecule has 2 aromatic carbocycles. The summed E-state index contributed by atoms with van der Waals surface area (Å²) >= 11 is 0. The van der Waals surface area contributed by atoms with E-state index in [2.05, 4.69) is 15.7 Å². The zero-order valence-electron chi connectivity index (χ0n) is 18.1. The van der Waals surface area contributed by atoms with Crippen LogP contribution in [0.3, 0.4) is 0 Å². The molecule has 0 fully saturated rings. The van der Waals surface area contributed by atoms with Crippen LogP contribution in [0.4, 0.5) is 11.4 Å². The molecule has 160 valence electrons. The average molecular weight is 418 g/mol. The van der Waals surface area contributed by atoms with Crippen molar-refractivity contribution in [3.8, 4) is 11.3 Å². The summed E-state index contributed by atoms with van der Waals surface area (Å²) in [6.07, 6.45) is 0.375. The first kappa shape index (κ1) is 22.0. The molecule has 7 heteroatoms. The number of aromatic nitrogens is 2. The summed E-state index contributed by atoms with van der Waals surface area (Å²) in [4.78, 5) is 36.9. The molecule has 0 spiro atoms. The molecule has 0 aliphatic heterocycles. The van der Waals surface area contributed by atoms with Gasteiger partial charge in [-0.2, -0.15) is 5.10 Å². The van der Waals surface area contributed by atoms with Crippen LogP contribution in [0.15, 0.2) is 59.4 Å². The summed E-state index contributed by atoms with van der Waals surface area (Å²) in [5.74, 6) is -0.420. The minimum absolute atomic E-state index is 0.0837. The molecule has 0 aliphatic rings. The molecule has 1 atom stereocenters. The second-order valence-corrected chi connectivity index (χ2v) is 7.47. The smallest absolute Gasteiger partial charge is 0.267 e. The summed E-state index contributed by atoms with van der Waals surface area (Å²) in [7, 11) is 0. The lowest BCUT2D eigenvalue weighted by Crippen LogP contribution is -2.33. The van der Waals surface area contributed by atoms with Gasteiger partial charge in [0.2, 0.25) is 11.8 Å². The average Bonchev–Trinajstić information content (AvgIpc) is 2.75. The van der Waals surface area contributed by atoms with Crippen LogP contribution in [0.5, 0.6) is 0 Å². The molecular formula is C24H26N4O3. The van der Waals surface area contributed by atoms with Crippen LogP contribution in [0.1, 0.15) is 37.4 Å². The van der Waals surface area contributed by atoms with Crippen molar-refractivity contribution in [3.63, 3.8) is 0 Å². The van der Waals surface area contributed by atoms with Crippen molar-refractivity contribution < 1.29 is 9.59 Å². The van der Waals surface area contributed by atoms with Crippen LogP contribution in [0, 0.1) is 13.8 Å². The number of hydrogen-bond donors (Lipinski definition) is 2. The number of carbonyl (C=O) groups is 2. The highest BCUT2D eigenvalue weighted by Crippen LogP contribution is 2.24. The Bertz CT molecular complexity index is 1180. The van der Waals surface area contributed by atoms with Crippen LogP contribution >= 0.6 is 0 Å². The second-order valence-electron chi connectivity index (χ2n) is 7.47. The minimum atomic E-state index is -0.808. The van der Waals surface area contributed by atoms with E-state index in [1.165, 1.54) is 10.7 Å². The SMILES string of the molecule is CCC(=O)Nc1cc(-c2ccc(=O)n([C@@H](C)C(=O)Nc3cccc(C)c3)n2)ccc1C. The van der Waals surface area contributed by atoms with Gasteiger partial charge in [-0.25, -0.2) is 4.68 Å². The van der Waals surface area contributed by atoms with E-state index in [-0.39, 0.29) is 17.4 Å². The molecular weight excluding hydrogens is 392 g/mol. The van der Waals surface area contributed by atoms with Crippen molar-refractivity contribution in [2.24, 2.45) is 0 Å². The third-order valence-corrected chi connectivity index (χ3v) is 4.99. The second kappa shape index (κ2) is 9.38. The monoisotopic (exact) mass is 418 g/mol. The van der Waals surface area contributed by atoms with Gasteiger partial charge in [0.25, 0.3) is 5.56 Å². The quantitative estimate of drug-likeness (QED) is 0.631. The Balaban J connectivity index is 1.89. The number of amides is 2. The third kappa shape index (κ3) is 5.25. The molecule has 3 rings (SSSR count). The molecule has 0 saturated carbocycles. The Kier molecular flexibility index (Phi) is 6.65. The first-order valence-corrected chi connectivity index (χ1v) is 10.2.